The molecule has 0 unspecified atom stereocenters. The molecule has 1 amide bonds. The summed E-state index contributed by atoms with van der Waals surface area (Å²) in [6.45, 7) is 6.50. The smallest absolute Gasteiger partial charge is 0.233 e. The highest BCUT2D eigenvalue weighted by Crippen LogP contribution is 2.32. The van der Waals surface area contributed by atoms with E-state index in [-0.39, 0.29) is 5.91 Å². The Balaban J connectivity index is 1.54. The minimum atomic E-state index is 0.0221. The number of hydrogen-bond acceptors (Lipinski definition) is 6. The van der Waals surface area contributed by atoms with Gasteiger partial charge in [-0.25, -0.2) is 9.97 Å². The van der Waals surface area contributed by atoms with Crippen LogP contribution < -0.4 is 14.4 Å². The second-order valence-corrected chi connectivity index (χ2v) is 8.52. The number of benzene rings is 2. The van der Waals surface area contributed by atoms with Crippen LogP contribution in [0.5, 0.6) is 11.5 Å². The van der Waals surface area contributed by atoms with Gasteiger partial charge in [-0.15, -0.1) is 0 Å². The molecule has 172 valence electrons. The van der Waals surface area contributed by atoms with Crippen molar-refractivity contribution in [3.63, 3.8) is 0 Å². The van der Waals surface area contributed by atoms with E-state index in [4.69, 9.17) is 14.5 Å². The molecule has 0 fully saturated rings. The van der Waals surface area contributed by atoms with E-state index in [1.807, 2.05) is 67.1 Å². The Morgan fingerprint density at radius 3 is 2.55 bits per heavy atom. The summed E-state index contributed by atoms with van der Waals surface area (Å²) in [4.78, 5) is 24.0. The van der Waals surface area contributed by atoms with Gasteiger partial charge in [-0.05, 0) is 56.2 Å². The van der Waals surface area contributed by atoms with E-state index in [1.54, 1.807) is 17.4 Å². The first-order valence-corrected chi connectivity index (χ1v) is 12.0. The molecule has 8 heteroatoms. The van der Waals surface area contributed by atoms with E-state index in [0.717, 1.165) is 40.2 Å². The maximum absolute atomic E-state index is 13.4. The van der Waals surface area contributed by atoms with Gasteiger partial charge in [0.1, 0.15) is 11.5 Å². The lowest BCUT2D eigenvalue weighted by molar-refractivity contribution is -0.118. The average molecular weight is 465 g/mol. The molecule has 0 saturated heterocycles. The van der Waals surface area contributed by atoms with Crippen molar-refractivity contribution in [1.29, 1.82) is 0 Å². The van der Waals surface area contributed by atoms with E-state index in [1.165, 1.54) is 11.3 Å². The van der Waals surface area contributed by atoms with Crippen LogP contribution >= 0.6 is 11.3 Å². The third kappa shape index (κ3) is 5.90. The van der Waals surface area contributed by atoms with Crippen molar-refractivity contribution in [2.45, 2.75) is 33.2 Å². The third-order valence-electron chi connectivity index (χ3n) is 5.14. The predicted molar refractivity (Wildman–Crippen MR) is 131 cm³/mol. The second kappa shape index (κ2) is 11.0. The number of ether oxygens (including phenoxy) is 2. The highest BCUT2D eigenvalue weighted by atomic mass is 32.1. The van der Waals surface area contributed by atoms with Crippen molar-refractivity contribution in [1.82, 2.24) is 14.5 Å². The fourth-order valence-electron chi connectivity index (χ4n) is 3.56. The van der Waals surface area contributed by atoms with Gasteiger partial charge in [-0.3, -0.25) is 9.69 Å². The number of anilines is 1. The summed E-state index contributed by atoms with van der Waals surface area (Å²) < 4.78 is 14.2. The van der Waals surface area contributed by atoms with Gasteiger partial charge in [-0.1, -0.05) is 23.5 Å². The molecule has 2 aromatic heterocycles. The Kier molecular flexibility index (Phi) is 7.57. The minimum absolute atomic E-state index is 0.0221. The van der Waals surface area contributed by atoms with Gasteiger partial charge >= 0.3 is 0 Å². The summed E-state index contributed by atoms with van der Waals surface area (Å²) in [5, 5.41) is 0.709. The summed E-state index contributed by atoms with van der Waals surface area (Å²) in [5.74, 6) is 1.64. The van der Waals surface area contributed by atoms with Crippen LogP contribution in [-0.2, 0) is 17.8 Å². The molecular formula is C25H28N4O3S. The first-order valence-electron chi connectivity index (χ1n) is 11.2. The Morgan fingerprint density at radius 2 is 1.82 bits per heavy atom. The number of carbonyl (C=O) groups excluding carboxylic acids is 1. The standard InChI is InChI=1S/C25H28N4O3S/c1-3-31-20-8-6-19(7-9-20)16-24(30)29(14-5-13-28-15-12-26-18-28)25-27-22-11-10-21(32-4-2)17-23(22)33-25/h6-12,15,17-18H,3-5,13-14,16H2,1-2H3. The van der Waals surface area contributed by atoms with Crippen LogP contribution in [0.2, 0.25) is 0 Å². The summed E-state index contributed by atoms with van der Waals surface area (Å²) in [7, 11) is 0. The molecule has 0 N–H and O–H groups in total. The van der Waals surface area contributed by atoms with Crippen molar-refractivity contribution >= 4 is 32.6 Å². The van der Waals surface area contributed by atoms with Gasteiger partial charge in [0.2, 0.25) is 5.91 Å². The van der Waals surface area contributed by atoms with Crippen molar-refractivity contribution in [2.24, 2.45) is 0 Å². The predicted octanol–water partition coefficient (Wildman–Crippen LogP) is 4.96. The molecular weight excluding hydrogens is 436 g/mol. The summed E-state index contributed by atoms with van der Waals surface area (Å²) in [6, 6.07) is 13.5. The van der Waals surface area contributed by atoms with Crippen molar-refractivity contribution in [3.8, 4) is 11.5 Å². The number of carbonyl (C=O) groups is 1. The first kappa shape index (κ1) is 22.8. The number of aromatic nitrogens is 3. The molecule has 2 aromatic carbocycles. The highest BCUT2D eigenvalue weighted by Gasteiger charge is 2.20. The van der Waals surface area contributed by atoms with E-state index in [0.29, 0.717) is 31.3 Å². The van der Waals surface area contributed by atoms with Crippen LogP contribution in [-0.4, -0.2) is 40.2 Å². The molecule has 7 nitrogen and oxygen atoms in total. The summed E-state index contributed by atoms with van der Waals surface area (Å²) in [5.41, 5.74) is 1.81. The number of amides is 1. The minimum Gasteiger partial charge on any atom is -0.494 e. The molecule has 33 heavy (non-hydrogen) atoms. The first-order chi connectivity index (χ1) is 16.2. The number of hydrogen-bond donors (Lipinski definition) is 0. The topological polar surface area (TPSA) is 69.5 Å². The third-order valence-corrected chi connectivity index (χ3v) is 6.18. The summed E-state index contributed by atoms with van der Waals surface area (Å²) in [6.07, 6.45) is 6.58. The zero-order valence-corrected chi connectivity index (χ0v) is 19.8. The number of fused-ring (bicyclic) bond motifs is 1. The van der Waals surface area contributed by atoms with E-state index in [2.05, 4.69) is 4.98 Å². The Bertz CT molecular complexity index is 1170. The number of rotatable bonds is 11. The lowest BCUT2D eigenvalue weighted by atomic mass is 10.1. The second-order valence-electron chi connectivity index (χ2n) is 7.51. The lowest BCUT2D eigenvalue weighted by Crippen LogP contribution is -2.33. The number of nitrogens with zero attached hydrogens (tertiary/aromatic N) is 4. The van der Waals surface area contributed by atoms with Crippen LogP contribution in [0.25, 0.3) is 10.2 Å². The van der Waals surface area contributed by atoms with E-state index >= 15 is 0 Å². The largest absolute Gasteiger partial charge is 0.494 e. The lowest BCUT2D eigenvalue weighted by Gasteiger charge is -2.20. The molecule has 0 bridgehead atoms. The van der Waals surface area contributed by atoms with Crippen molar-refractivity contribution < 1.29 is 14.3 Å². The normalized spacial score (nSPS) is 11.0. The molecule has 4 rings (SSSR count). The molecule has 0 spiro atoms. The summed E-state index contributed by atoms with van der Waals surface area (Å²) >= 11 is 1.52. The van der Waals surface area contributed by atoms with Gasteiger partial charge in [0.05, 0.1) is 36.2 Å². The molecule has 0 aliphatic carbocycles. The van der Waals surface area contributed by atoms with E-state index < -0.39 is 0 Å². The maximum Gasteiger partial charge on any atom is 0.233 e. The monoisotopic (exact) mass is 464 g/mol. The van der Waals surface area contributed by atoms with Crippen LogP contribution in [0.3, 0.4) is 0 Å². The Morgan fingerprint density at radius 1 is 1.06 bits per heavy atom. The molecule has 0 aliphatic heterocycles. The van der Waals surface area contributed by atoms with Gasteiger partial charge in [0, 0.05) is 25.5 Å². The fourth-order valence-corrected chi connectivity index (χ4v) is 4.60. The molecule has 2 heterocycles. The Labute approximate surface area is 197 Å². The Hall–Kier alpha value is -3.39. The van der Waals surface area contributed by atoms with Crippen LogP contribution in [0.1, 0.15) is 25.8 Å². The molecule has 0 radical (unpaired) electrons. The number of aryl methyl sites for hydroxylation is 1. The number of thiazole rings is 1. The van der Waals surface area contributed by atoms with Crippen LogP contribution in [0, 0.1) is 0 Å². The van der Waals surface area contributed by atoms with Gasteiger partial charge in [0.25, 0.3) is 0 Å². The van der Waals surface area contributed by atoms with Gasteiger partial charge in [0.15, 0.2) is 5.13 Å². The number of imidazole rings is 1. The maximum atomic E-state index is 13.4. The fraction of sp³-hybridized carbons (Fsp3) is 0.320. The van der Waals surface area contributed by atoms with Gasteiger partial charge < -0.3 is 14.0 Å². The molecule has 0 aliphatic rings. The van der Waals surface area contributed by atoms with Crippen LogP contribution in [0.4, 0.5) is 5.13 Å². The van der Waals surface area contributed by atoms with Crippen molar-refractivity contribution in [3.05, 3.63) is 66.7 Å². The molecule has 0 saturated carbocycles. The highest BCUT2D eigenvalue weighted by molar-refractivity contribution is 7.22. The zero-order chi connectivity index (χ0) is 23.0. The SMILES string of the molecule is CCOc1ccc(CC(=O)N(CCCn2ccnc2)c2nc3ccc(OCC)cc3s2)cc1. The molecule has 4 aromatic rings. The average Bonchev–Trinajstić information content (AvgIpc) is 3.48. The molecule has 0 atom stereocenters. The zero-order valence-electron chi connectivity index (χ0n) is 18.9. The van der Waals surface area contributed by atoms with E-state index in [9.17, 15) is 4.79 Å². The van der Waals surface area contributed by atoms with Crippen molar-refractivity contribution in [2.75, 3.05) is 24.7 Å². The van der Waals surface area contributed by atoms with Gasteiger partial charge in [-0.2, -0.15) is 0 Å². The quantitative estimate of drug-likeness (QED) is 0.314. The van der Waals surface area contributed by atoms with Crippen LogP contribution in [0.15, 0.2) is 61.2 Å².